The highest BCUT2D eigenvalue weighted by molar-refractivity contribution is 6.02. The van der Waals surface area contributed by atoms with Gasteiger partial charge < -0.3 is 20.5 Å². The highest BCUT2D eigenvalue weighted by Gasteiger charge is 2.65. The Bertz CT molecular complexity index is 768. The van der Waals surface area contributed by atoms with Crippen molar-refractivity contribution in [1.82, 2.24) is 5.32 Å². The van der Waals surface area contributed by atoms with E-state index in [1.807, 2.05) is 0 Å². The first-order valence-corrected chi connectivity index (χ1v) is 9.28. The first-order valence-electron chi connectivity index (χ1n) is 9.28. The van der Waals surface area contributed by atoms with Gasteiger partial charge in [0.25, 0.3) is 5.91 Å². The molecule has 27 heavy (non-hydrogen) atoms. The van der Waals surface area contributed by atoms with Gasteiger partial charge in [-0.1, -0.05) is 26.7 Å². The number of benzene rings is 1. The minimum absolute atomic E-state index is 0.185. The Hall–Kier alpha value is -2.57. The minimum atomic E-state index is -0.975. The van der Waals surface area contributed by atoms with Crippen molar-refractivity contribution in [3.8, 4) is 5.75 Å². The van der Waals surface area contributed by atoms with Crippen molar-refractivity contribution in [1.29, 1.82) is 0 Å². The van der Waals surface area contributed by atoms with Crippen LogP contribution in [0.15, 0.2) is 18.2 Å². The van der Waals surface area contributed by atoms with Crippen LogP contribution in [0.1, 0.15) is 49.9 Å². The molecule has 3 rings (SSSR count). The lowest BCUT2D eigenvalue weighted by molar-refractivity contribution is -0.140. The molecule has 1 aromatic carbocycles. The molecule has 3 N–H and O–H groups in total. The summed E-state index contributed by atoms with van der Waals surface area (Å²) in [5.41, 5.74) is 0.205. The molecule has 7 nitrogen and oxygen atoms in total. The third kappa shape index (κ3) is 3.77. The van der Waals surface area contributed by atoms with Gasteiger partial charge in [0, 0.05) is 11.6 Å². The maximum atomic E-state index is 12.6. The van der Waals surface area contributed by atoms with Crippen LogP contribution in [0.4, 0.5) is 5.69 Å². The van der Waals surface area contributed by atoms with Crippen LogP contribution in [-0.4, -0.2) is 36.0 Å². The predicted molar refractivity (Wildman–Crippen MR) is 99.7 cm³/mol. The summed E-state index contributed by atoms with van der Waals surface area (Å²) in [6.07, 6.45) is 4.21. The largest absolute Gasteiger partial charge is 0.495 e. The number of carboxylic acid groups (broad SMARTS) is 1. The van der Waals surface area contributed by atoms with E-state index >= 15 is 0 Å². The molecule has 0 bridgehead atoms. The molecule has 0 aliphatic heterocycles. The first-order chi connectivity index (χ1) is 12.8. The van der Waals surface area contributed by atoms with E-state index in [9.17, 15) is 19.5 Å². The molecule has 2 fully saturated rings. The molecule has 2 aliphatic rings. The molecular weight excluding hydrogens is 348 g/mol. The SMILES string of the molecule is COc1ccc(C(=O)NC2CCCC2)cc1NC(=O)[C@H]1[C@H](C(=O)O)C1(C)C. The predicted octanol–water partition coefficient (Wildman–Crippen LogP) is 2.66. The van der Waals surface area contributed by atoms with Gasteiger partial charge in [-0.15, -0.1) is 0 Å². The molecule has 0 heterocycles. The van der Waals surface area contributed by atoms with Crippen LogP contribution in [0.25, 0.3) is 0 Å². The van der Waals surface area contributed by atoms with Crippen molar-refractivity contribution in [3.05, 3.63) is 23.8 Å². The zero-order valence-corrected chi connectivity index (χ0v) is 15.9. The molecule has 0 radical (unpaired) electrons. The third-order valence-electron chi connectivity index (χ3n) is 5.79. The van der Waals surface area contributed by atoms with Gasteiger partial charge in [0.1, 0.15) is 5.75 Å². The van der Waals surface area contributed by atoms with Crippen molar-refractivity contribution in [2.45, 2.75) is 45.6 Å². The molecule has 2 aliphatic carbocycles. The number of nitrogens with one attached hydrogen (secondary N) is 2. The highest BCUT2D eigenvalue weighted by atomic mass is 16.5. The smallest absolute Gasteiger partial charge is 0.307 e. The number of hydrogen-bond donors (Lipinski definition) is 3. The quantitative estimate of drug-likeness (QED) is 0.710. The Morgan fingerprint density at radius 2 is 1.81 bits per heavy atom. The van der Waals surface area contributed by atoms with Gasteiger partial charge >= 0.3 is 5.97 Å². The Kier molecular flexibility index (Phi) is 5.13. The van der Waals surface area contributed by atoms with Crippen LogP contribution in [0, 0.1) is 17.3 Å². The number of aliphatic carboxylic acids is 1. The van der Waals surface area contributed by atoms with E-state index < -0.39 is 23.2 Å². The Morgan fingerprint density at radius 1 is 1.15 bits per heavy atom. The monoisotopic (exact) mass is 374 g/mol. The average Bonchev–Trinajstić information content (AvgIpc) is 2.93. The van der Waals surface area contributed by atoms with Crippen molar-refractivity contribution in [2.75, 3.05) is 12.4 Å². The van der Waals surface area contributed by atoms with Crippen molar-refractivity contribution >= 4 is 23.5 Å². The second kappa shape index (κ2) is 7.21. The molecule has 0 aromatic heterocycles. The van der Waals surface area contributed by atoms with E-state index in [1.165, 1.54) is 7.11 Å². The van der Waals surface area contributed by atoms with E-state index in [2.05, 4.69) is 10.6 Å². The number of carboxylic acids is 1. The van der Waals surface area contributed by atoms with Crippen LogP contribution in [0.5, 0.6) is 5.75 Å². The molecule has 2 atom stereocenters. The number of rotatable bonds is 6. The molecule has 146 valence electrons. The fraction of sp³-hybridized carbons (Fsp3) is 0.550. The zero-order chi connectivity index (χ0) is 19.8. The molecule has 2 amide bonds. The summed E-state index contributed by atoms with van der Waals surface area (Å²) >= 11 is 0. The molecular formula is C20H26N2O5. The molecule has 1 aromatic rings. The molecule has 0 spiro atoms. The van der Waals surface area contributed by atoms with Crippen LogP contribution < -0.4 is 15.4 Å². The van der Waals surface area contributed by atoms with E-state index in [4.69, 9.17) is 4.74 Å². The summed E-state index contributed by atoms with van der Waals surface area (Å²) in [5.74, 6) is -2.44. The average molecular weight is 374 g/mol. The molecule has 0 unspecified atom stereocenters. The number of hydrogen-bond acceptors (Lipinski definition) is 4. The number of ether oxygens (including phenoxy) is 1. The van der Waals surface area contributed by atoms with E-state index in [0.29, 0.717) is 17.0 Å². The van der Waals surface area contributed by atoms with Crippen molar-refractivity contribution in [2.24, 2.45) is 17.3 Å². The standard InChI is InChI=1S/C20H26N2O5/c1-20(2)15(16(20)19(25)26)18(24)22-13-10-11(8-9-14(13)27-3)17(23)21-12-6-4-5-7-12/h8-10,12,15-16H,4-7H2,1-3H3,(H,21,23)(H,22,24)(H,25,26)/t15-,16-/m1/s1. The number of carbonyl (C=O) groups excluding carboxylic acids is 2. The zero-order valence-electron chi connectivity index (χ0n) is 15.9. The number of anilines is 1. The van der Waals surface area contributed by atoms with Gasteiger partial charge in [0.15, 0.2) is 0 Å². The molecule has 7 heteroatoms. The Balaban J connectivity index is 1.75. The lowest BCUT2D eigenvalue weighted by Crippen LogP contribution is -2.32. The summed E-state index contributed by atoms with van der Waals surface area (Å²) in [5, 5.41) is 15.0. The lowest BCUT2D eigenvalue weighted by Gasteiger charge is -2.15. The van der Waals surface area contributed by atoms with Gasteiger partial charge in [0.05, 0.1) is 24.6 Å². The maximum Gasteiger partial charge on any atom is 0.307 e. The van der Waals surface area contributed by atoms with Gasteiger partial charge in [-0.2, -0.15) is 0 Å². The van der Waals surface area contributed by atoms with Gasteiger partial charge in [-0.05, 0) is 36.5 Å². The summed E-state index contributed by atoms with van der Waals surface area (Å²) in [6, 6.07) is 5.05. The minimum Gasteiger partial charge on any atom is -0.495 e. The van der Waals surface area contributed by atoms with E-state index in [0.717, 1.165) is 25.7 Å². The second-order valence-electron chi connectivity index (χ2n) is 7.97. The number of carbonyl (C=O) groups is 3. The fourth-order valence-electron chi connectivity index (χ4n) is 4.08. The van der Waals surface area contributed by atoms with Crippen molar-refractivity contribution in [3.63, 3.8) is 0 Å². The van der Waals surface area contributed by atoms with E-state index in [-0.39, 0.29) is 17.9 Å². The van der Waals surface area contributed by atoms with Crippen LogP contribution >= 0.6 is 0 Å². The fourth-order valence-corrected chi connectivity index (χ4v) is 4.08. The lowest BCUT2D eigenvalue weighted by atomic mass is 10.1. The van der Waals surface area contributed by atoms with Gasteiger partial charge in [0.2, 0.25) is 5.91 Å². The molecule has 2 saturated carbocycles. The number of methoxy groups -OCH3 is 1. The summed E-state index contributed by atoms with van der Waals surface area (Å²) < 4.78 is 5.28. The van der Waals surface area contributed by atoms with Gasteiger partial charge in [-0.25, -0.2) is 0 Å². The topological polar surface area (TPSA) is 105 Å². The van der Waals surface area contributed by atoms with Crippen molar-refractivity contribution < 1.29 is 24.2 Å². The van der Waals surface area contributed by atoms with Gasteiger partial charge in [-0.3, -0.25) is 14.4 Å². The third-order valence-corrected chi connectivity index (χ3v) is 5.79. The highest BCUT2D eigenvalue weighted by Crippen LogP contribution is 2.58. The Morgan fingerprint density at radius 3 is 2.37 bits per heavy atom. The second-order valence-corrected chi connectivity index (χ2v) is 7.97. The normalized spacial score (nSPS) is 23.5. The summed E-state index contributed by atoms with van der Waals surface area (Å²) in [4.78, 5) is 36.4. The maximum absolute atomic E-state index is 12.6. The summed E-state index contributed by atoms with van der Waals surface area (Å²) in [7, 11) is 1.48. The first kappa shape index (κ1) is 19.2. The Labute approximate surface area is 158 Å². The van der Waals surface area contributed by atoms with Crippen LogP contribution in [-0.2, 0) is 9.59 Å². The van der Waals surface area contributed by atoms with E-state index in [1.54, 1.807) is 32.0 Å². The van der Waals surface area contributed by atoms with Crippen LogP contribution in [0.3, 0.4) is 0 Å². The number of amides is 2. The van der Waals surface area contributed by atoms with Crippen LogP contribution in [0.2, 0.25) is 0 Å². The molecule has 0 saturated heterocycles. The summed E-state index contributed by atoms with van der Waals surface area (Å²) in [6.45, 7) is 3.53.